The number of carbonyl (C=O) groups is 1. The molecule has 0 radical (unpaired) electrons. The van der Waals surface area contributed by atoms with Crippen molar-refractivity contribution in [2.75, 3.05) is 23.4 Å². The molecule has 1 aromatic heterocycles. The largest absolute Gasteiger partial charge is 0.311 e. The van der Waals surface area contributed by atoms with E-state index in [9.17, 15) is 13.2 Å². The Hall–Kier alpha value is -0.990. The highest BCUT2D eigenvalue weighted by Gasteiger charge is 2.26. The molecule has 1 saturated heterocycles. The van der Waals surface area contributed by atoms with Gasteiger partial charge in [0.1, 0.15) is 0 Å². The van der Waals surface area contributed by atoms with Gasteiger partial charge in [0.15, 0.2) is 15.0 Å². The van der Waals surface area contributed by atoms with Crippen LogP contribution in [0.3, 0.4) is 0 Å². The van der Waals surface area contributed by atoms with E-state index in [4.69, 9.17) is 0 Å². The van der Waals surface area contributed by atoms with E-state index in [0.29, 0.717) is 11.7 Å². The van der Waals surface area contributed by atoms with Gasteiger partial charge in [-0.25, -0.2) is 13.4 Å². The molecule has 1 aliphatic heterocycles. The molecular weight excluding hydrogens is 310 g/mol. The van der Waals surface area contributed by atoms with Crippen molar-refractivity contribution in [2.24, 2.45) is 0 Å². The van der Waals surface area contributed by atoms with E-state index in [0.717, 1.165) is 5.69 Å². The number of amides is 1. The molecule has 0 aliphatic carbocycles. The lowest BCUT2D eigenvalue weighted by Crippen LogP contribution is -2.46. The van der Waals surface area contributed by atoms with Crippen LogP contribution in [0.25, 0.3) is 0 Å². The standard InChI is InChI=1S/C13H21N3O3S2/c1-13(2,3)10-7-20-12(15-10)16-11(17)6-9-8-21(18,19)5-4-14-9/h7,9,14H,4-6,8H2,1-3H3,(H,15,16,17). The summed E-state index contributed by atoms with van der Waals surface area (Å²) < 4.78 is 23.1. The molecule has 2 heterocycles. The van der Waals surface area contributed by atoms with Crippen LogP contribution < -0.4 is 10.6 Å². The summed E-state index contributed by atoms with van der Waals surface area (Å²) in [5, 5.41) is 8.29. The first-order valence-electron chi connectivity index (χ1n) is 6.85. The number of nitrogens with one attached hydrogen (secondary N) is 2. The van der Waals surface area contributed by atoms with Crippen molar-refractivity contribution in [2.45, 2.75) is 38.6 Å². The third-order valence-electron chi connectivity index (χ3n) is 3.25. The van der Waals surface area contributed by atoms with Crippen molar-refractivity contribution in [1.29, 1.82) is 0 Å². The highest BCUT2D eigenvalue weighted by molar-refractivity contribution is 7.91. The first-order valence-corrected chi connectivity index (χ1v) is 9.55. The van der Waals surface area contributed by atoms with Gasteiger partial charge in [-0.1, -0.05) is 20.8 Å². The number of carbonyl (C=O) groups excluding carboxylic acids is 1. The maximum atomic E-state index is 12.0. The Morgan fingerprint density at radius 3 is 2.81 bits per heavy atom. The summed E-state index contributed by atoms with van der Waals surface area (Å²) in [6, 6.07) is -0.314. The highest BCUT2D eigenvalue weighted by Crippen LogP contribution is 2.26. The average molecular weight is 331 g/mol. The van der Waals surface area contributed by atoms with Gasteiger partial charge in [0.2, 0.25) is 5.91 Å². The zero-order chi connectivity index (χ0) is 15.7. The summed E-state index contributed by atoms with van der Waals surface area (Å²) in [7, 11) is -3.02. The van der Waals surface area contributed by atoms with Crippen molar-refractivity contribution in [3.05, 3.63) is 11.1 Å². The third-order valence-corrected chi connectivity index (χ3v) is 5.75. The van der Waals surface area contributed by atoms with Crippen LogP contribution in [0.4, 0.5) is 5.13 Å². The number of anilines is 1. The maximum absolute atomic E-state index is 12.0. The first kappa shape index (κ1) is 16.4. The van der Waals surface area contributed by atoms with Gasteiger partial charge in [0.05, 0.1) is 17.2 Å². The minimum Gasteiger partial charge on any atom is -0.311 e. The molecule has 0 saturated carbocycles. The highest BCUT2D eigenvalue weighted by atomic mass is 32.2. The molecular formula is C13H21N3O3S2. The summed E-state index contributed by atoms with van der Waals surface area (Å²) in [5.74, 6) is -0.0441. The van der Waals surface area contributed by atoms with Gasteiger partial charge in [-0.15, -0.1) is 11.3 Å². The predicted molar refractivity (Wildman–Crippen MR) is 84.5 cm³/mol. The number of hydrogen-bond donors (Lipinski definition) is 2. The van der Waals surface area contributed by atoms with Crippen molar-refractivity contribution < 1.29 is 13.2 Å². The average Bonchev–Trinajstić information content (AvgIpc) is 2.75. The van der Waals surface area contributed by atoms with E-state index in [1.165, 1.54) is 11.3 Å². The molecule has 1 aliphatic rings. The lowest BCUT2D eigenvalue weighted by molar-refractivity contribution is -0.116. The van der Waals surface area contributed by atoms with Gasteiger partial charge in [0.25, 0.3) is 0 Å². The van der Waals surface area contributed by atoms with Crippen LogP contribution in [-0.4, -0.2) is 43.4 Å². The number of nitrogens with zero attached hydrogens (tertiary/aromatic N) is 1. The second-order valence-electron chi connectivity index (χ2n) is 6.31. The molecule has 21 heavy (non-hydrogen) atoms. The van der Waals surface area contributed by atoms with Gasteiger partial charge in [-0.3, -0.25) is 4.79 Å². The molecule has 1 unspecified atom stereocenters. The fourth-order valence-corrected chi connectivity index (χ4v) is 4.47. The number of rotatable bonds is 3. The fraction of sp³-hybridized carbons (Fsp3) is 0.692. The number of sulfone groups is 1. The molecule has 1 amide bonds. The summed E-state index contributed by atoms with van der Waals surface area (Å²) in [5.41, 5.74) is 0.875. The third kappa shape index (κ3) is 4.76. The molecule has 1 fully saturated rings. The zero-order valence-electron chi connectivity index (χ0n) is 12.5. The Bertz CT molecular complexity index is 617. The van der Waals surface area contributed by atoms with E-state index >= 15 is 0 Å². The summed E-state index contributed by atoms with van der Waals surface area (Å²) in [6.07, 6.45) is 0.143. The molecule has 0 aromatic carbocycles. The van der Waals surface area contributed by atoms with Crippen molar-refractivity contribution >= 4 is 32.2 Å². The van der Waals surface area contributed by atoms with E-state index in [2.05, 4.69) is 36.4 Å². The van der Waals surface area contributed by atoms with Gasteiger partial charge in [-0.2, -0.15) is 0 Å². The Morgan fingerprint density at radius 2 is 2.24 bits per heavy atom. The number of hydrogen-bond acceptors (Lipinski definition) is 6. The molecule has 118 valence electrons. The Morgan fingerprint density at radius 1 is 1.52 bits per heavy atom. The predicted octanol–water partition coefficient (Wildman–Crippen LogP) is 1.16. The van der Waals surface area contributed by atoms with Crippen molar-refractivity contribution in [3.63, 3.8) is 0 Å². The SMILES string of the molecule is CC(C)(C)c1csc(NC(=O)CC2CS(=O)(=O)CCN2)n1. The van der Waals surface area contributed by atoms with E-state index < -0.39 is 9.84 Å². The van der Waals surface area contributed by atoms with Crippen molar-refractivity contribution in [3.8, 4) is 0 Å². The molecule has 6 nitrogen and oxygen atoms in total. The smallest absolute Gasteiger partial charge is 0.227 e. The molecule has 2 N–H and O–H groups in total. The molecule has 0 spiro atoms. The van der Waals surface area contributed by atoms with Crippen LogP contribution in [0.15, 0.2) is 5.38 Å². The molecule has 8 heteroatoms. The topological polar surface area (TPSA) is 88.2 Å². The Labute approximate surface area is 129 Å². The van der Waals surface area contributed by atoms with Crippen LogP contribution in [0.2, 0.25) is 0 Å². The molecule has 0 bridgehead atoms. The second kappa shape index (κ2) is 6.02. The monoisotopic (exact) mass is 331 g/mol. The quantitative estimate of drug-likeness (QED) is 0.867. The van der Waals surface area contributed by atoms with E-state index in [1.807, 2.05) is 5.38 Å². The minimum atomic E-state index is -3.02. The first-order chi connectivity index (χ1) is 9.66. The lowest BCUT2D eigenvalue weighted by atomic mass is 9.93. The van der Waals surface area contributed by atoms with Gasteiger partial charge >= 0.3 is 0 Å². The van der Waals surface area contributed by atoms with E-state index in [1.54, 1.807) is 0 Å². The number of thiazole rings is 1. The summed E-state index contributed by atoms with van der Waals surface area (Å²) in [4.78, 5) is 16.4. The molecule has 1 aromatic rings. The van der Waals surface area contributed by atoms with Crippen LogP contribution in [0, 0.1) is 0 Å². The lowest BCUT2D eigenvalue weighted by Gasteiger charge is -2.22. The second-order valence-corrected chi connectivity index (χ2v) is 9.39. The summed E-state index contributed by atoms with van der Waals surface area (Å²) in [6.45, 7) is 6.59. The summed E-state index contributed by atoms with van der Waals surface area (Å²) >= 11 is 1.38. The number of aromatic nitrogens is 1. The van der Waals surface area contributed by atoms with Crippen LogP contribution >= 0.6 is 11.3 Å². The minimum absolute atomic E-state index is 0.0194. The van der Waals surface area contributed by atoms with Crippen LogP contribution in [-0.2, 0) is 20.0 Å². The normalized spacial score (nSPS) is 22.0. The van der Waals surface area contributed by atoms with E-state index in [-0.39, 0.29) is 35.3 Å². The molecule has 1 atom stereocenters. The van der Waals surface area contributed by atoms with Crippen LogP contribution in [0.1, 0.15) is 32.9 Å². The molecule has 2 rings (SSSR count). The fourth-order valence-electron chi connectivity index (χ4n) is 2.07. The van der Waals surface area contributed by atoms with Gasteiger partial charge < -0.3 is 10.6 Å². The van der Waals surface area contributed by atoms with Gasteiger partial charge in [-0.05, 0) is 0 Å². The Kier molecular flexibility index (Phi) is 4.69. The zero-order valence-corrected chi connectivity index (χ0v) is 14.1. The van der Waals surface area contributed by atoms with Crippen LogP contribution in [0.5, 0.6) is 0 Å². The van der Waals surface area contributed by atoms with Gasteiger partial charge in [0, 0.05) is 29.8 Å². The maximum Gasteiger partial charge on any atom is 0.227 e. The Balaban J connectivity index is 1.91. The van der Waals surface area contributed by atoms with Crippen molar-refractivity contribution in [1.82, 2.24) is 10.3 Å².